The molecule has 1 aliphatic heterocycles. The molecule has 1 N–H and O–H groups in total. The number of benzene rings is 1. The standard InChI is InChI=1S/C19H25N3O2/c1-3-24-19(23)16-5-4-10-22(12-16)13-17-11-20-21-18(17)15-8-6-14(2)7-9-15/h6-9,11,16H,3-5,10,12-13H2,1-2H3,(H,20,21)/t16-/m1/s1. The maximum Gasteiger partial charge on any atom is 0.310 e. The SMILES string of the molecule is CCOC(=O)[C@@H]1CCCN(Cc2cn[nH]c2-c2ccc(C)cc2)C1. The molecule has 2 aromatic rings. The summed E-state index contributed by atoms with van der Waals surface area (Å²) < 4.78 is 5.19. The zero-order valence-electron chi connectivity index (χ0n) is 14.4. The van der Waals surface area contributed by atoms with E-state index in [0.29, 0.717) is 6.61 Å². The number of likely N-dealkylation sites (tertiary alicyclic amines) is 1. The van der Waals surface area contributed by atoms with Gasteiger partial charge in [-0.15, -0.1) is 0 Å². The maximum atomic E-state index is 12.0. The largest absolute Gasteiger partial charge is 0.466 e. The van der Waals surface area contributed by atoms with Crippen LogP contribution in [0.4, 0.5) is 0 Å². The van der Waals surface area contributed by atoms with Crippen molar-refractivity contribution in [1.82, 2.24) is 15.1 Å². The smallest absolute Gasteiger partial charge is 0.310 e. The number of piperidine rings is 1. The molecule has 0 bridgehead atoms. The normalized spacial score (nSPS) is 18.5. The van der Waals surface area contributed by atoms with Gasteiger partial charge in [-0.25, -0.2) is 0 Å². The minimum absolute atomic E-state index is 0.00609. The fourth-order valence-corrected chi connectivity index (χ4v) is 3.29. The van der Waals surface area contributed by atoms with E-state index in [9.17, 15) is 4.79 Å². The molecular formula is C19H25N3O2. The van der Waals surface area contributed by atoms with Gasteiger partial charge in [-0.3, -0.25) is 14.8 Å². The number of carbonyl (C=O) groups excluding carboxylic acids is 1. The number of aromatic nitrogens is 2. The Hall–Kier alpha value is -2.14. The van der Waals surface area contributed by atoms with Gasteiger partial charge < -0.3 is 4.74 Å². The lowest BCUT2D eigenvalue weighted by molar-refractivity contribution is -0.150. The molecule has 3 rings (SSSR count). The van der Waals surface area contributed by atoms with Crippen LogP contribution >= 0.6 is 0 Å². The quantitative estimate of drug-likeness (QED) is 0.857. The second kappa shape index (κ2) is 7.62. The first-order valence-corrected chi connectivity index (χ1v) is 8.65. The number of hydrogen-bond acceptors (Lipinski definition) is 4. The highest BCUT2D eigenvalue weighted by atomic mass is 16.5. The van der Waals surface area contributed by atoms with Crippen molar-refractivity contribution in [2.24, 2.45) is 5.92 Å². The van der Waals surface area contributed by atoms with Crippen LogP contribution in [-0.4, -0.2) is 40.8 Å². The van der Waals surface area contributed by atoms with Gasteiger partial charge in [0.2, 0.25) is 0 Å². The molecular weight excluding hydrogens is 302 g/mol. The summed E-state index contributed by atoms with van der Waals surface area (Å²) in [5.74, 6) is -0.0680. The van der Waals surface area contributed by atoms with Gasteiger partial charge in [0.25, 0.3) is 0 Å². The number of ether oxygens (including phenoxy) is 1. The average Bonchev–Trinajstić information content (AvgIpc) is 3.04. The first-order chi connectivity index (χ1) is 11.7. The molecule has 0 radical (unpaired) electrons. The van der Waals surface area contributed by atoms with E-state index in [1.165, 1.54) is 11.1 Å². The van der Waals surface area contributed by atoms with Crippen LogP contribution < -0.4 is 0 Å². The van der Waals surface area contributed by atoms with Gasteiger partial charge in [-0.2, -0.15) is 5.10 Å². The molecule has 2 heterocycles. The number of esters is 1. The van der Waals surface area contributed by atoms with Crippen LogP contribution in [0.1, 0.15) is 30.9 Å². The van der Waals surface area contributed by atoms with Crippen molar-refractivity contribution in [3.8, 4) is 11.3 Å². The van der Waals surface area contributed by atoms with Crippen molar-refractivity contribution in [3.05, 3.63) is 41.6 Å². The molecule has 1 saturated heterocycles. The highest BCUT2D eigenvalue weighted by molar-refractivity contribution is 5.72. The molecule has 24 heavy (non-hydrogen) atoms. The van der Waals surface area contributed by atoms with Gasteiger partial charge in [0, 0.05) is 18.7 Å². The molecule has 5 nitrogen and oxygen atoms in total. The Balaban J connectivity index is 1.69. The monoisotopic (exact) mass is 327 g/mol. The van der Waals surface area contributed by atoms with Crippen molar-refractivity contribution in [2.45, 2.75) is 33.2 Å². The number of nitrogens with one attached hydrogen (secondary N) is 1. The molecule has 5 heteroatoms. The Kier molecular flexibility index (Phi) is 5.30. The van der Waals surface area contributed by atoms with Crippen molar-refractivity contribution in [3.63, 3.8) is 0 Å². The molecule has 0 spiro atoms. The number of nitrogens with zero attached hydrogens (tertiary/aromatic N) is 2. The number of rotatable bonds is 5. The summed E-state index contributed by atoms with van der Waals surface area (Å²) in [7, 11) is 0. The van der Waals surface area contributed by atoms with Crippen LogP contribution in [0.15, 0.2) is 30.5 Å². The lowest BCUT2D eigenvalue weighted by Gasteiger charge is -2.31. The van der Waals surface area contributed by atoms with Crippen molar-refractivity contribution in [2.75, 3.05) is 19.7 Å². The van der Waals surface area contributed by atoms with E-state index in [4.69, 9.17) is 4.74 Å². The number of H-pyrrole nitrogens is 1. The van der Waals surface area contributed by atoms with Gasteiger partial charge in [0.1, 0.15) is 0 Å². The Morgan fingerprint density at radius 2 is 2.17 bits per heavy atom. The first kappa shape index (κ1) is 16.7. The first-order valence-electron chi connectivity index (χ1n) is 8.65. The summed E-state index contributed by atoms with van der Waals surface area (Å²) in [6.07, 6.45) is 3.84. The fraction of sp³-hybridized carbons (Fsp3) is 0.474. The second-order valence-electron chi connectivity index (χ2n) is 6.46. The van der Waals surface area contributed by atoms with E-state index < -0.39 is 0 Å². The number of aromatic amines is 1. The second-order valence-corrected chi connectivity index (χ2v) is 6.46. The summed E-state index contributed by atoms with van der Waals surface area (Å²) >= 11 is 0. The lowest BCUT2D eigenvalue weighted by Crippen LogP contribution is -2.38. The zero-order valence-corrected chi connectivity index (χ0v) is 14.4. The van der Waals surface area contributed by atoms with Crippen molar-refractivity contribution in [1.29, 1.82) is 0 Å². The number of hydrogen-bond donors (Lipinski definition) is 1. The zero-order chi connectivity index (χ0) is 16.9. The van der Waals surface area contributed by atoms with Gasteiger partial charge in [0.05, 0.1) is 24.4 Å². The molecule has 1 aromatic carbocycles. The van der Waals surface area contributed by atoms with Gasteiger partial charge in [-0.1, -0.05) is 29.8 Å². The van der Waals surface area contributed by atoms with Crippen LogP contribution in [0.2, 0.25) is 0 Å². The molecule has 0 amide bonds. The molecule has 1 fully saturated rings. The highest BCUT2D eigenvalue weighted by Crippen LogP contribution is 2.25. The molecule has 1 atom stereocenters. The Morgan fingerprint density at radius 1 is 1.38 bits per heavy atom. The third-order valence-electron chi connectivity index (χ3n) is 4.58. The third kappa shape index (κ3) is 3.85. The summed E-state index contributed by atoms with van der Waals surface area (Å²) in [6.45, 7) is 6.97. The van der Waals surface area contributed by atoms with Crippen LogP contribution in [0.25, 0.3) is 11.3 Å². The molecule has 0 aliphatic carbocycles. The molecule has 0 unspecified atom stereocenters. The van der Waals surface area contributed by atoms with Gasteiger partial charge in [0.15, 0.2) is 0 Å². The summed E-state index contributed by atoms with van der Waals surface area (Å²) in [6, 6.07) is 8.45. The maximum absolute atomic E-state index is 12.0. The Morgan fingerprint density at radius 3 is 2.92 bits per heavy atom. The van der Waals surface area contributed by atoms with Crippen molar-refractivity contribution >= 4 is 5.97 Å². The Bertz CT molecular complexity index is 678. The fourth-order valence-electron chi connectivity index (χ4n) is 3.29. The van der Waals surface area contributed by atoms with Crippen LogP contribution in [0.5, 0.6) is 0 Å². The summed E-state index contributed by atoms with van der Waals surface area (Å²) in [5, 5.41) is 7.34. The van der Waals surface area contributed by atoms with E-state index in [0.717, 1.165) is 43.7 Å². The summed E-state index contributed by atoms with van der Waals surface area (Å²) in [4.78, 5) is 14.3. The van der Waals surface area contributed by atoms with E-state index in [2.05, 4.69) is 46.3 Å². The van der Waals surface area contributed by atoms with E-state index in [-0.39, 0.29) is 11.9 Å². The van der Waals surface area contributed by atoms with E-state index in [1.807, 2.05) is 13.1 Å². The van der Waals surface area contributed by atoms with Crippen molar-refractivity contribution < 1.29 is 9.53 Å². The third-order valence-corrected chi connectivity index (χ3v) is 4.58. The predicted octanol–water partition coefficient (Wildman–Crippen LogP) is 3.16. The lowest BCUT2D eigenvalue weighted by atomic mass is 9.97. The van der Waals surface area contributed by atoms with Crippen LogP contribution in [0.3, 0.4) is 0 Å². The van der Waals surface area contributed by atoms with Gasteiger partial charge in [-0.05, 0) is 38.8 Å². The van der Waals surface area contributed by atoms with E-state index >= 15 is 0 Å². The van der Waals surface area contributed by atoms with Gasteiger partial charge >= 0.3 is 5.97 Å². The minimum Gasteiger partial charge on any atom is -0.466 e. The highest BCUT2D eigenvalue weighted by Gasteiger charge is 2.27. The molecule has 1 aliphatic rings. The Labute approximate surface area is 143 Å². The minimum atomic E-state index is -0.0619. The molecule has 0 saturated carbocycles. The van der Waals surface area contributed by atoms with E-state index in [1.54, 1.807) is 0 Å². The topological polar surface area (TPSA) is 58.2 Å². The number of carbonyl (C=O) groups is 1. The molecule has 128 valence electrons. The average molecular weight is 327 g/mol. The molecule has 1 aromatic heterocycles. The van der Waals surface area contributed by atoms with Crippen LogP contribution in [0, 0.1) is 12.8 Å². The predicted molar refractivity (Wildman–Crippen MR) is 93.4 cm³/mol. The summed E-state index contributed by atoms with van der Waals surface area (Å²) in [5.41, 5.74) is 4.62. The number of aryl methyl sites for hydroxylation is 1. The van der Waals surface area contributed by atoms with Crippen LogP contribution in [-0.2, 0) is 16.1 Å².